The molecule has 0 spiro atoms. The number of hydrogen-bond donors (Lipinski definition) is 4. The van der Waals surface area contributed by atoms with Crippen LogP contribution in [-0.2, 0) is 29.2 Å². The van der Waals surface area contributed by atoms with Gasteiger partial charge in [-0.1, -0.05) is 42.5 Å². The van der Waals surface area contributed by atoms with Crippen molar-refractivity contribution in [2.24, 2.45) is 0 Å². The van der Waals surface area contributed by atoms with Gasteiger partial charge < -0.3 is 20.3 Å². The zero-order valence-electron chi connectivity index (χ0n) is 19.7. The third-order valence-corrected chi connectivity index (χ3v) is 8.36. The van der Waals surface area contributed by atoms with Crippen molar-refractivity contribution in [2.45, 2.75) is 16.7 Å². The third-order valence-electron chi connectivity index (χ3n) is 5.94. The van der Waals surface area contributed by atoms with Crippen LogP contribution in [0.25, 0.3) is 0 Å². The Morgan fingerprint density at radius 3 is 2.21 bits per heavy atom. The van der Waals surface area contributed by atoms with Gasteiger partial charge >= 0.3 is 17.9 Å². The molecule has 0 radical (unpaired) electrons. The lowest BCUT2D eigenvalue weighted by Crippen LogP contribution is -2.71. The molecule has 204 valence electrons. The van der Waals surface area contributed by atoms with E-state index in [1.54, 1.807) is 6.07 Å². The van der Waals surface area contributed by atoms with E-state index in [0.717, 1.165) is 16.7 Å². The zero-order chi connectivity index (χ0) is 28.5. The van der Waals surface area contributed by atoms with Crippen LogP contribution in [0.2, 0.25) is 0 Å². The van der Waals surface area contributed by atoms with Gasteiger partial charge in [0.15, 0.2) is 5.25 Å². The summed E-state index contributed by atoms with van der Waals surface area (Å²) in [5.41, 5.74) is -0.982. The molecule has 3 atom stereocenters. The Kier molecular flexibility index (Phi) is 7.76. The van der Waals surface area contributed by atoms with Gasteiger partial charge in [-0.15, -0.1) is 11.8 Å². The van der Waals surface area contributed by atoms with Gasteiger partial charge in [0.2, 0.25) is 5.91 Å². The molecular weight excluding hydrogens is 556 g/mol. The van der Waals surface area contributed by atoms with Crippen LogP contribution in [0.1, 0.15) is 31.5 Å². The number of fused-ring (bicyclic) bond motifs is 1. The molecule has 2 aromatic rings. The van der Waals surface area contributed by atoms with Gasteiger partial charge in [0.25, 0.3) is 16.0 Å². The van der Waals surface area contributed by atoms with Crippen molar-refractivity contribution in [3.8, 4) is 0 Å². The summed E-state index contributed by atoms with van der Waals surface area (Å²) in [4.78, 5) is 62.5. The molecule has 2 heterocycles. The number of nitrogens with zero attached hydrogens (tertiary/aromatic N) is 1. The number of carboxylic acids is 2. The first-order chi connectivity index (χ1) is 18.4. The molecule has 0 aromatic heterocycles. The molecule has 1 saturated heterocycles. The molecule has 2 aliphatic heterocycles. The van der Waals surface area contributed by atoms with E-state index >= 15 is 0 Å². The van der Waals surface area contributed by atoms with E-state index in [1.807, 2.05) is 0 Å². The Labute approximate surface area is 225 Å². The van der Waals surface area contributed by atoms with Crippen LogP contribution in [0.3, 0.4) is 0 Å². The van der Waals surface area contributed by atoms with Crippen LogP contribution >= 0.6 is 11.8 Å². The molecular formula is C24H20N2O11S2. The Morgan fingerprint density at radius 1 is 1.00 bits per heavy atom. The number of hydrogen-bond acceptors (Lipinski definition) is 9. The van der Waals surface area contributed by atoms with E-state index in [-0.39, 0.29) is 28.0 Å². The summed E-state index contributed by atoms with van der Waals surface area (Å²) in [6.45, 7) is -0.548. The first kappa shape index (κ1) is 27.8. The van der Waals surface area contributed by atoms with Crippen molar-refractivity contribution in [1.82, 2.24) is 10.2 Å². The smallest absolute Gasteiger partial charge is 0.352 e. The lowest BCUT2D eigenvalue weighted by Gasteiger charge is -2.49. The second-order valence-electron chi connectivity index (χ2n) is 8.39. The molecule has 0 aliphatic carbocycles. The fourth-order valence-corrected chi connectivity index (χ4v) is 6.35. The highest BCUT2D eigenvalue weighted by molar-refractivity contribution is 8.00. The number of amides is 2. The summed E-state index contributed by atoms with van der Waals surface area (Å²) in [5.74, 6) is -5.91. The average molecular weight is 577 g/mol. The van der Waals surface area contributed by atoms with Crippen LogP contribution in [0.5, 0.6) is 0 Å². The maximum atomic E-state index is 12.9. The summed E-state index contributed by atoms with van der Waals surface area (Å²) >= 11 is 1.04. The minimum Gasteiger partial charge on any atom is -0.478 e. The zero-order valence-corrected chi connectivity index (χ0v) is 21.3. The fraction of sp³-hybridized carbons (Fsp3) is 0.208. The molecule has 2 amide bonds. The number of carbonyl (C=O) groups is 5. The first-order valence-corrected chi connectivity index (χ1v) is 13.7. The van der Waals surface area contributed by atoms with Gasteiger partial charge in [0.1, 0.15) is 23.7 Å². The molecule has 2 aromatic carbocycles. The highest BCUT2D eigenvalue weighted by atomic mass is 32.2. The van der Waals surface area contributed by atoms with Crippen molar-refractivity contribution in [1.29, 1.82) is 0 Å². The largest absolute Gasteiger partial charge is 0.478 e. The molecule has 1 unspecified atom stereocenters. The summed E-state index contributed by atoms with van der Waals surface area (Å²) in [7, 11) is -4.91. The Balaban J connectivity index is 1.51. The number of carboxylic acid groups (broad SMARTS) is 2. The molecule has 13 nitrogen and oxygen atoms in total. The van der Waals surface area contributed by atoms with Crippen LogP contribution in [0.15, 0.2) is 65.9 Å². The SMILES string of the molecule is O=C(O)C1=C(COC(=O)c2ccccc2C(=O)O)CS[C@H]2[C@H](NC(=O)C(c3ccccc3)S(=O)(=O)O)C(=O)N12. The maximum absolute atomic E-state index is 12.9. The quantitative estimate of drug-likeness (QED) is 0.187. The topological polar surface area (TPSA) is 205 Å². The highest BCUT2D eigenvalue weighted by Gasteiger charge is 2.55. The van der Waals surface area contributed by atoms with Crippen molar-refractivity contribution >= 4 is 51.6 Å². The highest BCUT2D eigenvalue weighted by Crippen LogP contribution is 2.41. The number of β-lactam (4-membered cyclic amide) rings is 1. The number of rotatable bonds is 9. The van der Waals surface area contributed by atoms with E-state index < -0.39 is 68.8 Å². The van der Waals surface area contributed by atoms with E-state index in [1.165, 1.54) is 48.5 Å². The molecule has 0 bridgehead atoms. The van der Waals surface area contributed by atoms with Gasteiger partial charge in [0.05, 0.1) is 11.1 Å². The molecule has 1 fully saturated rings. The van der Waals surface area contributed by atoms with Crippen molar-refractivity contribution < 1.29 is 51.9 Å². The van der Waals surface area contributed by atoms with Crippen LogP contribution in [0, 0.1) is 0 Å². The number of ether oxygens (including phenoxy) is 1. The number of thioether (sulfide) groups is 1. The number of aromatic carboxylic acids is 1. The van der Waals surface area contributed by atoms with E-state index in [0.29, 0.717) is 0 Å². The predicted molar refractivity (Wildman–Crippen MR) is 134 cm³/mol. The van der Waals surface area contributed by atoms with Crippen LogP contribution in [0.4, 0.5) is 0 Å². The average Bonchev–Trinajstić information content (AvgIpc) is 2.89. The van der Waals surface area contributed by atoms with E-state index in [4.69, 9.17) is 4.74 Å². The molecule has 39 heavy (non-hydrogen) atoms. The molecule has 15 heteroatoms. The monoisotopic (exact) mass is 576 g/mol. The van der Waals surface area contributed by atoms with Gasteiger partial charge in [-0.3, -0.25) is 19.0 Å². The van der Waals surface area contributed by atoms with E-state index in [2.05, 4.69) is 5.32 Å². The number of esters is 1. The van der Waals surface area contributed by atoms with Crippen molar-refractivity contribution in [3.63, 3.8) is 0 Å². The summed E-state index contributed by atoms with van der Waals surface area (Å²) in [5, 5.41) is 18.4. The van der Waals surface area contributed by atoms with Gasteiger partial charge in [-0.05, 0) is 17.7 Å². The van der Waals surface area contributed by atoms with E-state index in [9.17, 15) is 47.2 Å². The summed E-state index contributed by atoms with van der Waals surface area (Å²) in [6.07, 6.45) is 0. The van der Waals surface area contributed by atoms with Gasteiger partial charge in [-0.2, -0.15) is 8.42 Å². The number of nitrogens with one attached hydrogen (secondary N) is 1. The second-order valence-corrected chi connectivity index (χ2v) is 11.0. The minimum absolute atomic E-state index is 0.0304. The Bertz CT molecular complexity index is 1500. The predicted octanol–water partition coefficient (Wildman–Crippen LogP) is 0.909. The molecule has 4 rings (SSSR count). The van der Waals surface area contributed by atoms with Crippen LogP contribution in [-0.4, -0.2) is 81.6 Å². The number of benzene rings is 2. The molecule has 2 aliphatic rings. The third kappa shape index (κ3) is 5.50. The van der Waals surface area contributed by atoms with Gasteiger partial charge in [-0.25, -0.2) is 14.4 Å². The lowest BCUT2D eigenvalue weighted by atomic mass is 10.0. The number of carbonyl (C=O) groups excluding carboxylic acids is 3. The number of aliphatic carboxylic acids is 1. The van der Waals surface area contributed by atoms with Crippen LogP contribution < -0.4 is 5.32 Å². The fourth-order valence-electron chi connectivity index (χ4n) is 4.19. The Hall–Kier alpha value is -4.21. The lowest BCUT2D eigenvalue weighted by molar-refractivity contribution is -0.150. The first-order valence-electron chi connectivity index (χ1n) is 11.1. The molecule has 0 saturated carbocycles. The van der Waals surface area contributed by atoms with Gasteiger partial charge in [0, 0.05) is 11.3 Å². The van der Waals surface area contributed by atoms with Crippen molar-refractivity contribution in [3.05, 3.63) is 82.6 Å². The second kappa shape index (κ2) is 10.9. The Morgan fingerprint density at radius 2 is 1.62 bits per heavy atom. The minimum atomic E-state index is -4.91. The normalized spacial score (nSPS) is 19.4. The molecule has 4 N–H and O–H groups in total. The summed E-state index contributed by atoms with van der Waals surface area (Å²) < 4.78 is 38.7. The van der Waals surface area contributed by atoms with Crippen molar-refractivity contribution in [2.75, 3.05) is 12.4 Å². The standard InChI is InChI=1S/C24H20N2O11S2/c27-19(18(39(34,35)36)12-6-2-1-3-7-12)25-16-20(28)26-17(23(31)32)13(11-38-21(16)26)10-37-24(33)15-9-5-4-8-14(15)22(29)30/h1-9,16,18,21H,10-11H2,(H,25,27)(H,29,30)(H,31,32)(H,34,35,36)/t16-,18?,21+/m1/s1. The maximum Gasteiger partial charge on any atom is 0.352 e. The summed E-state index contributed by atoms with van der Waals surface area (Å²) in [6, 6.07) is 11.2.